The van der Waals surface area contributed by atoms with Crippen LogP contribution >= 0.6 is 31.9 Å². The number of hydrogen-bond acceptors (Lipinski definition) is 6. The summed E-state index contributed by atoms with van der Waals surface area (Å²) in [6.45, 7) is 3.08. The largest absolute Gasteiger partial charge is 0.378 e. The Morgan fingerprint density at radius 3 is 2.26 bits per heavy atom. The highest BCUT2D eigenvalue weighted by molar-refractivity contribution is 9.10. The smallest absolute Gasteiger partial charge is 0.0900 e. The Morgan fingerprint density at radius 2 is 1.51 bits per heavy atom. The zero-order chi connectivity index (χ0) is 27.0. The van der Waals surface area contributed by atoms with Gasteiger partial charge in [-0.15, -0.1) is 0 Å². The van der Waals surface area contributed by atoms with Crippen molar-refractivity contribution in [3.63, 3.8) is 0 Å². The number of halogens is 2. The molecule has 0 radical (unpaired) electrons. The summed E-state index contributed by atoms with van der Waals surface area (Å²) in [5.41, 5.74) is 12.1. The van der Waals surface area contributed by atoms with E-state index in [-0.39, 0.29) is 0 Å². The molecule has 0 amide bonds. The van der Waals surface area contributed by atoms with Gasteiger partial charge in [0.25, 0.3) is 0 Å². The summed E-state index contributed by atoms with van der Waals surface area (Å²) in [6, 6.07) is 28.7. The summed E-state index contributed by atoms with van der Waals surface area (Å²) in [5.74, 6) is 0. The summed E-state index contributed by atoms with van der Waals surface area (Å²) in [6.07, 6.45) is 0. The van der Waals surface area contributed by atoms with Gasteiger partial charge in [0.1, 0.15) is 0 Å². The lowest BCUT2D eigenvalue weighted by atomic mass is 10.1. The molecule has 3 aromatic rings. The van der Waals surface area contributed by atoms with Gasteiger partial charge >= 0.3 is 0 Å². The van der Waals surface area contributed by atoms with Crippen LogP contribution in [-0.4, -0.2) is 49.1 Å². The zero-order valence-corrected chi connectivity index (χ0v) is 24.5. The Hall–Kier alpha value is -3.08. The highest BCUT2D eigenvalue weighted by atomic mass is 79.9. The molecule has 0 spiro atoms. The molecule has 0 bridgehead atoms. The second kappa shape index (κ2) is 13.3. The first-order chi connectivity index (χ1) is 19.1. The van der Waals surface area contributed by atoms with E-state index in [1.165, 1.54) is 0 Å². The molecule has 1 heterocycles. The van der Waals surface area contributed by atoms with Crippen LogP contribution in [0.3, 0.4) is 0 Å². The third-order valence-corrected chi connectivity index (χ3v) is 7.11. The number of aromatic nitrogens is 2. The predicted octanol–water partition coefficient (Wildman–Crippen LogP) is 6.29. The number of para-hydroxylation sites is 2. The van der Waals surface area contributed by atoms with E-state index in [9.17, 15) is 0 Å². The molecule has 7 nitrogen and oxygen atoms in total. The minimum absolute atomic E-state index is 0.491. The van der Waals surface area contributed by atoms with Gasteiger partial charge in [-0.2, -0.15) is 0 Å². The van der Waals surface area contributed by atoms with E-state index in [1.54, 1.807) is 0 Å². The third-order valence-electron chi connectivity index (χ3n) is 6.06. The topological polar surface area (TPSA) is 86.7 Å². The van der Waals surface area contributed by atoms with Crippen LogP contribution < -0.4 is 16.4 Å². The number of hydrogen-bond donors (Lipinski definition) is 2. The summed E-state index contributed by atoms with van der Waals surface area (Å²) in [4.78, 5) is 9.94. The van der Waals surface area contributed by atoms with Gasteiger partial charge in [0.2, 0.25) is 0 Å². The van der Waals surface area contributed by atoms with Crippen LogP contribution in [0.15, 0.2) is 98.9 Å². The van der Waals surface area contributed by atoms with E-state index < -0.39 is 0 Å². The molecule has 39 heavy (non-hydrogen) atoms. The number of ether oxygens (including phenoxy) is 2. The average Bonchev–Trinajstić information content (AvgIpc) is 2.95. The molecule has 0 saturated carbocycles. The van der Waals surface area contributed by atoms with Gasteiger partial charge < -0.3 is 25.1 Å². The molecule has 0 atom stereocenters. The number of anilines is 2. The Labute approximate surface area is 244 Å². The van der Waals surface area contributed by atoms with Gasteiger partial charge in [0, 0.05) is 26.9 Å². The van der Waals surface area contributed by atoms with E-state index in [4.69, 9.17) is 25.2 Å². The second-order valence-electron chi connectivity index (χ2n) is 8.80. The molecular weight excluding hydrogens is 622 g/mol. The first-order valence-electron chi connectivity index (χ1n) is 12.7. The van der Waals surface area contributed by atoms with Gasteiger partial charge in [-0.1, -0.05) is 44.0 Å². The first-order valence-corrected chi connectivity index (χ1v) is 14.3. The summed E-state index contributed by atoms with van der Waals surface area (Å²) >= 11 is 7.07. The first kappa shape index (κ1) is 27.5. The van der Waals surface area contributed by atoms with E-state index in [0.717, 1.165) is 53.8 Å². The van der Waals surface area contributed by atoms with Crippen molar-refractivity contribution in [2.75, 3.05) is 44.8 Å². The maximum Gasteiger partial charge on any atom is 0.0900 e. The lowest BCUT2D eigenvalue weighted by molar-refractivity contribution is 0.0538. The van der Waals surface area contributed by atoms with Crippen LogP contribution in [0, 0.1) is 0 Å². The van der Waals surface area contributed by atoms with Crippen molar-refractivity contribution < 1.29 is 9.47 Å². The van der Waals surface area contributed by atoms with E-state index >= 15 is 0 Å². The molecular formula is C30H29Br2N5O2. The standard InChI is InChI=1S/C30H29Br2N5O2/c31-21-5-9-23(10-6-21)35-27-19-28-30(20-26(27)34-14-16-39-18-17-38-15-13-33)37(24-11-7-22(32)8-12-24)29-4-2-1-3-25(29)36-28/h1-12,19-20,35H,13-18,33H2. The Kier molecular flexibility index (Phi) is 9.39. The molecule has 5 rings (SSSR count). The number of nitrogens with zero attached hydrogens (tertiary/aromatic N) is 3. The fraction of sp³-hybridized carbons (Fsp3) is 0.200. The minimum Gasteiger partial charge on any atom is -0.378 e. The van der Waals surface area contributed by atoms with Crippen molar-refractivity contribution in [3.05, 3.63) is 99.2 Å². The summed E-state index contributed by atoms with van der Waals surface area (Å²) in [5, 5.41) is 4.37. The fourth-order valence-electron chi connectivity index (χ4n) is 4.27. The molecule has 9 heteroatoms. The number of fused-ring (bicyclic) bond motifs is 2. The van der Waals surface area contributed by atoms with E-state index in [2.05, 4.69) is 72.1 Å². The Bertz CT molecular complexity index is 1570. The molecule has 1 aliphatic heterocycles. The summed E-state index contributed by atoms with van der Waals surface area (Å²) in [7, 11) is 0. The van der Waals surface area contributed by atoms with Gasteiger partial charge in [-0.25, -0.2) is 4.98 Å². The lowest BCUT2D eigenvalue weighted by Gasteiger charge is -2.20. The number of nitrogens with one attached hydrogen (secondary N) is 1. The lowest BCUT2D eigenvalue weighted by Crippen LogP contribution is -2.16. The number of rotatable bonds is 11. The zero-order valence-electron chi connectivity index (χ0n) is 21.3. The van der Waals surface area contributed by atoms with E-state index in [1.807, 2.05) is 54.6 Å². The molecule has 0 saturated heterocycles. The van der Waals surface area contributed by atoms with Crippen molar-refractivity contribution in [1.29, 1.82) is 0 Å². The van der Waals surface area contributed by atoms with Crippen molar-refractivity contribution in [2.24, 2.45) is 10.7 Å². The molecule has 3 N–H and O–H groups in total. The number of nitrogens with two attached hydrogens (primary N) is 1. The van der Waals surface area contributed by atoms with Crippen LogP contribution in [0.4, 0.5) is 11.4 Å². The maximum atomic E-state index is 5.72. The Balaban J connectivity index is 1.58. The molecule has 0 fully saturated rings. The highest BCUT2D eigenvalue weighted by Gasteiger charge is 2.16. The van der Waals surface area contributed by atoms with Crippen LogP contribution in [0.25, 0.3) is 28.1 Å². The molecule has 1 aliphatic carbocycles. The van der Waals surface area contributed by atoms with Crippen LogP contribution in [-0.2, 0) is 9.47 Å². The predicted molar refractivity (Wildman–Crippen MR) is 164 cm³/mol. The monoisotopic (exact) mass is 649 g/mol. The van der Waals surface area contributed by atoms with Crippen LogP contribution in [0.5, 0.6) is 0 Å². The van der Waals surface area contributed by atoms with Gasteiger partial charge in [0.15, 0.2) is 0 Å². The quantitative estimate of drug-likeness (QED) is 0.130. The van der Waals surface area contributed by atoms with Crippen molar-refractivity contribution in [3.8, 4) is 17.1 Å². The summed E-state index contributed by atoms with van der Waals surface area (Å²) < 4.78 is 15.4. The van der Waals surface area contributed by atoms with Crippen molar-refractivity contribution in [2.45, 2.75) is 0 Å². The van der Waals surface area contributed by atoms with Gasteiger partial charge in [-0.3, -0.25) is 4.99 Å². The van der Waals surface area contributed by atoms with Crippen molar-refractivity contribution >= 4 is 54.3 Å². The second-order valence-corrected chi connectivity index (χ2v) is 10.6. The number of benzene rings is 4. The highest BCUT2D eigenvalue weighted by Crippen LogP contribution is 2.31. The van der Waals surface area contributed by atoms with Gasteiger partial charge in [0.05, 0.1) is 66.4 Å². The molecule has 2 aliphatic rings. The van der Waals surface area contributed by atoms with Gasteiger partial charge in [-0.05, 0) is 72.8 Å². The molecule has 200 valence electrons. The Morgan fingerprint density at radius 1 is 0.821 bits per heavy atom. The molecule has 0 aromatic heterocycles. The SMILES string of the molecule is NCCOCCOCCN=c1cc2n(-c3ccc(Br)cc3)c3ccccc3nc-2cc1Nc1ccc(Br)cc1. The normalized spacial score (nSPS) is 11.9. The average molecular weight is 651 g/mol. The maximum absolute atomic E-state index is 5.72. The third kappa shape index (κ3) is 6.93. The van der Waals surface area contributed by atoms with E-state index in [0.29, 0.717) is 39.5 Å². The minimum atomic E-state index is 0.491. The molecule has 3 aromatic carbocycles. The van der Waals surface area contributed by atoms with Crippen molar-refractivity contribution in [1.82, 2.24) is 9.55 Å². The fourth-order valence-corrected chi connectivity index (χ4v) is 4.79. The molecule has 0 unspecified atom stereocenters. The van der Waals surface area contributed by atoms with Crippen LogP contribution in [0.1, 0.15) is 0 Å². The van der Waals surface area contributed by atoms with Crippen LogP contribution in [0.2, 0.25) is 0 Å².